The first-order chi connectivity index (χ1) is 15.9. The third kappa shape index (κ3) is 4.50. The summed E-state index contributed by atoms with van der Waals surface area (Å²) in [6.45, 7) is 9.32. The van der Waals surface area contributed by atoms with Gasteiger partial charge in [-0.2, -0.15) is 0 Å². The number of hydrogen-bond acceptors (Lipinski definition) is 6. The fourth-order valence-corrected chi connectivity index (χ4v) is 4.72. The molecule has 2 atom stereocenters. The maximum atomic E-state index is 13.1. The number of benzene rings is 1. The van der Waals surface area contributed by atoms with Crippen molar-refractivity contribution in [2.24, 2.45) is 0 Å². The Hall–Kier alpha value is -3.19. The highest BCUT2D eigenvalue weighted by molar-refractivity contribution is 6.46. The van der Waals surface area contributed by atoms with Crippen LogP contribution < -0.4 is 4.74 Å². The lowest BCUT2D eigenvalue weighted by Crippen LogP contribution is -2.33. The van der Waals surface area contributed by atoms with Crippen LogP contribution in [0.5, 0.6) is 5.75 Å². The Morgan fingerprint density at radius 2 is 2.03 bits per heavy atom. The number of aromatic nitrogens is 1. The van der Waals surface area contributed by atoms with Crippen LogP contribution in [0.1, 0.15) is 49.9 Å². The summed E-state index contributed by atoms with van der Waals surface area (Å²) < 4.78 is 5.76. The van der Waals surface area contributed by atoms with Crippen LogP contribution in [0.25, 0.3) is 5.76 Å². The van der Waals surface area contributed by atoms with Crippen LogP contribution in [0.15, 0.2) is 48.3 Å². The number of rotatable bonds is 8. The number of carbonyl (C=O) groups excluding carboxylic acids is 2. The van der Waals surface area contributed by atoms with Gasteiger partial charge in [0.1, 0.15) is 17.6 Å². The van der Waals surface area contributed by atoms with Gasteiger partial charge in [-0.05, 0) is 68.4 Å². The summed E-state index contributed by atoms with van der Waals surface area (Å²) in [4.78, 5) is 34.3. The molecule has 7 heteroatoms. The predicted octanol–water partition coefficient (Wildman–Crippen LogP) is 3.56. The molecule has 7 nitrogen and oxygen atoms in total. The summed E-state index contributed by atoms with van der Waals surface area (Å²) in [5, 5.41) is 11.3. The zero-order chi connectivity index (χ0) is 23.5. The lowest BCUT2D eigenvalue weighted by atomic mass is 9.95. The summed E-state index contributed by atoms with van der Waals surface area (Å²) in [7, 11) is 0. The highest BCUT2D eigenvalue weighted by atomic mass is 16.5. The van der Waals surface area contributed by atoms with Gasteiger partial charge in [0.2, 0.25) is 0 Å². The SMILES string of the molecule is CCN(CC)CCCN1C(=O)C(=O)C(=C(O)c2ccc3c(c2)C[C@@H](C)O3)[C@H]1c1cccnc1. The molecule has 1 saturated heterocycles. The Balaban J connectivity index is 1.71. The van der Waals surface area contributed by atoms with E-state index >= 15 is 0 Å². The zero-order valence-electron chi connectivity index (χ0n) is 19.5. The number of ether oxygens (including phenoxy) is 1. The van der Waals surface area contributed by atoms with Crippen LogP contribution in [0, 0.1) is 0 Å². The average Bonchev–Trinajstić information content (AvgIpc) is 3.32. The number of hydrogen-bond donors (Lipinski definition) is 1. The standard InChI is InChI=1S/C26H31N3O4/c1-4-28(5-2)12-7-13-29-23(19-8-6-11-27-16-19)22(25(31)26(29)32)24(30)18-9-10-21-20(15-18)14-17(3)33-21/h6,8-11,15-17,23,30H,4-5,7,12-14H2,1-3H3/t17-,23-/m1/s1. The molecule has 0 saturated carbocycles. The summed E-state index contributed by atoms with van der Waals surface area (Å²) in [6.07, 6.45) is 4.85. The van der Waals surface area contributed by atoms with Crippen molar-refractivity contribution in [1.82, 2.24) is 14.8 Å². The van der Waals surface area contributed by atoms with E-state index in [1.54, 1.807) is 29.4 Å². The molecule has 2 aliphatic rings. The third-order valence-corrected chi connectivity index (χ3v) is 6.48. The minimum Gasteiger partial charge on any atom is -0.507 e. The molecule has 33 heavy (non-hydrogen) atoms. The largest absolute Gasteiger partial charge is 0.507 e. The van der Waals surface area contributed by atoms with E-state index in [1.807, 2.05) is 25.1 Å². The molecule has 1 fully saturated rings. The number of Topliss-reactive ketones (excluding diaryl/α,β-unsaturated/α-hetero) is 1. The number of aliphatic hydroxyl groups excluding tert-OH is 1. The van der Waals surface area contributed by atoms with E-state index in [2.05, 4.69) is 23.7 Å². The highest BCUT2D eigenvalue weighted by Crippen LogP contribution is 2.40. The van der Waals surface area contributed by atoms with Gasteiger partial charge in [0.05, 0.1) is 11.6 Å². The van der Waals surface area contributed by atoms with Crippen molar-refractivity contribution in [3.8, 4) is 5.75 Å². The number of pyridine rings is 1. The molecule has 0 spiro atoms. The first-order valence-electron chi connectivity index (χ1n) is 11.6. The number of ketones is 1. The lowest BCUT2D eigenvalue weighted by molar-refractivity contribution is -0.140. The van der Waals surface area contributed by atoms with Crippen LogP contribution in [-0.2, 0) is 16.0 Å². The molecular weight excluding hydrogens is 418 g/mol. The molecule has 0 radical (unpaired) electrons. The third-order valence-electron chi connectivity index (χ3n) is 6.48. The Bertz CT molecular complexity index is 1060. The fraction of sp³-hybridized carbons (Fsp3) is 0.423. The number of fused-ring (bicyclic) bond motifs is 1. The van der Waals surface area contributed by atoms with E-state index in [9.17, 15) is 14.7 Å². The smallest absolute Gasteiger partial charge is 0.295 e. The van der Waals surface area contributed by atoms with Crippen LogP contribution in [0.4, 0.5) is 0 Å². The van der Waals surface area contributed by atoms with E-state index in [0.717, 1.165) is 43.8 Å². The molecule has 4 rings (SSSR count). The molecule has 1 amide bonds. The number of nitrogens with zero attached hydrogens (tertiary/aromatic N) is 3. The van der Waals surface area contributed by atoms with Gasteiger partial charge in [-0.15, -0.1) is 0 Å². The maximum Gasteiger partial charge on any atom is 0.295 e. The first kappa shape index (κ1) is 23.0. The molecule has 0 unspecified atom stereocenters. The summed E-state index contributed by atoms with van der Waals surface area (Å²) in [5.41, 5.74) is 2.32. The van der Waals surface area contributed by atoms with Gasteiger partial charge >= 0.3 is 0 Å². The molecule has 1 aromatic heterocycles. The quantitative estimate of drug-likeness (QED) is 0.377. The first-order valence-corrected chi connectivity index (χ1v) is 11.6. The van der Waals surface area contributed by atoms with Crippen LogP contribution in [0.2, 0.25) is 0 Å². The van der Waals surface area contributed by atoms with Crippen LogP contribution >= 0.6 is 0 Å². The molecule has 1 aromatic carbocycles. The maximum absolute atomic E-state index is 13.1. The fourth-order valence-electron chi connectivity index (χ4n) is 4.72. The van der Waals surface area contributed by atoms with Crippen molar-refractivity contribution in [1.29, 1.82) is 0 Å². The monoisotopic (exact) mass is 449 g/mol. The van der Waals surface area contributed by atoms with E-state index in [1.165, 1.54) is 0 Å². The number of amides is 1. The van der Waals surface area contributed by atoms with Crippen molar-refractivity contribution in [3.63, 3.8) is 0 Å². The van der Waals surface area contributed by atoms with Gasteiger partial charge in [0, 0.05) is 30.9 Å². The van der Waals surface area contributed by atoms with Gasteiger partial charge in [-0.3, -0.25) is 14.6 Å². The second-order valence-electron chi connectivity index (χ2n) is 8.61. The van der Waals surface area contributed by atoms with Gasteiger partial charge in [-0.1, -0.05) is 19.9 Å². The Labute approximate surface area is 194 Å². The lowest BCUT2D eigenvalue weighted by Gasteiger charge is -2.26. The minimum absolute atomic E-state index is 0.0733. The summed E-state index contributed by atoms with van der Waals surface area (Å²) in [5.74, 6) is -0.604. The van der Waals surface area contributed by atoms with Crippen molar-refractivity contribution in [2.75, 3.05) is 26.2 Å². The Morgan fingerprint density at radius 3 is 2.73 bits per heavy atom. The van der Waals surface area contributed by atoms with Gasteiger partial charge in [0.25, 0.3) is 11.7 Å². The van der Waals surface area contributed by atoms with Gasteiger partial charge in [0.15, 0.2) is 0 Å². The van der Waals surface area contributed by atoms with E-state index < -0.39 is 17.7 Å². The molecule has 1 N–H and O–H groups in total. The molecule has 2 aromatic rings. The second kappa shape index (κ2) is 9.75. The van der Waals surface area contributed by atoms with Gasteiger partial charge < -0.3 is 19.6 Å². The molecule has 0 bridgehead atoms. The normalized spacial score (nSPS) is 21.5. The van der Waals surface area contributed by atoms with E-state index in [0.29, 0.717) is 17.7 Å². The van der Waals surface area contributed by atoms with Crippen LogP contribution in [0.3, 0.4) is 0 Å². The minimum atomic E-state index is -0.668. The van der Waals surface area contributed by atoms with Crippen molar-refractivity contribution in [2.45, 2.75) is 45.8 Å². The molecular formula is C26H31N3O4. The average molecular weight is 450 g/mol. The summed E-state index contributed by atoms with van der Waals surface area (Å²) in [6, 6.07) is 8.35. The molecule has 0 aliphatic carbocycles. The zero-order valence-corrected chi connectivity index (χ0v) is 19.5. The number of aliphatic hydroxyl groups is 1. The van der Waals surface area contributed by atoms with Crippen LogP contribution in [-0.4, -0.2) is 63.9 Å². The van der Waals surface area contributed by atoms with Crippen molar-refractivity contribution >= 4 is 17.4 Å². The topological polar surface area (TPSA) is 83.0 Å². The molecule has 2 aliphatic heterocycles. The molecule has 3 heterocycles. The van der Waals surface area contributed by atoms with Crippen molar-refractivity contribution in [3.05, 3.63) is 65.0 Å². The van der Waals surface area contributed by atoms with E-state index in [4.69, 9.17) is 4.74 Å². The number of likely N-dealkylation sites (tertiary alicyclic amines) is 1. The van der Waals surface area contributed by atoms with Crippen molar-refractivity contribution < 1.29 is 19.4 Å². The Kier molecular flexibility index (Phi) is 6.79. The van der Waals surface area contributed by atoms with Gasteiger partial charge in [-0.25, -0.2) is 0 Å². The second-order valence-corrected chi connectivity index (χ2v) is 8.61. The van der Waals surface area contributed by atoms with E-state index in [-0.39, 0.29) is 17.4 Å². The number of carbonyl (C=O) groups is 2. The highest BCUT2D eigenvalue weighted by Gasteiger charge is 2.46. The molecule has 174 valence electrons. The predicted molar refractivity (Wildman–Crippen MR) is 126 cm³/mol. The summed E-state index contributed by atoms with van der Waals surface area (Å²) >= 11 is 0. The Morgan fingerprint density at radius 1 is 1.24 bits per heavy atom.